The first-order chi connectivity index (χ1) is 23.1. The molecule has 0 fully saturated rings. The topological polar surface area (TPSA) is 86.8 Å². The first-order valence-electron chi connectivity index (χ1n) is 15.1. The van der Waals surface area contributed by atoms with Crippen LogP contribution in [0.4, 0.5) is 18.9 Å². The van der Waals surface area contributed by atoms with Gasteiger partial charge >= 0.3 is 6.18 Å². The lowest BCUT2D eigenvalue weighted by atomic mass is 10.0. The molecule has 0 aliphatic heterocycles. The van der Waals surface area contributed by atoms with Gasteiger partial charge in [0.2, 0.25) is 11.8 Å². The van der Waals surface area contributed by atoms with Crippen LogP contribution in [0.15, 0.2) is 102 Å². The highest BCUT2D eigenvalue weighted by Crippen LogP contribution is 2.38. The van der Waals surface area contributed by atoms with Crippen molar-refractivity contribution < 1.29 is 31.2 Å². The van der Waals surface area contributed by atoms with Crippen LogP contribution in [0.1, 0.15) is 37.0 Å². The van der Waals surface area contributed by atoms with Crippen LogP contribution >= 0.6 is 34.8 Å². The van der Waals surface area contributed by atoms with Gasteiger partial charge in [0, 0.05) is 34.6 Å². The first kappa shape index (κ1) is 38.0. The third-order valence-electron chi connectivity index (χ3n) is 7.81. The minimum absolute atomic E-state index is 0.00662. The SMILES string of the molecule is CCC(C)NC(=O)C(Cc1ccccc1)N(Cc1c(Cl)cccc1Cl)C(=O)CN(c1cc(C(F)(F)F)ccc1Cl)S(=O)(=O)c1ccccc1. The molecule has 2 amide bonds. The van der Waals surface area contributed by atoms with Crippen LogP contribution < -0.4 is 9.62 Å². The van der Waals surface area contributed by atoms with Gasteiger partial charge in [0.1, 0.15) is 12.6 Å². The Morgan fingerprint density at radius 1 is 0.837 bits per heavy atom. The van der Waals surface area contributed by atoms with Crippen LogP contribution in [0.3, 0.4) is 0 Å². The average Bonchev–Trinajstić information content (AvgIpc) is 3.06. The minimum Gasteiger partial charge on any atom is -0.352 e. The van der Waals surface area contributed by atoms with Gasteiger partial charge in [-0.3, -0.25) is 13.9 Å². The molecular formula is C35H33Cl3F3N3O4S. The second-order valence-electron chi connectivity index (χ2n) is 11.2. The van der Waals surface area contributed by atoms with Crippen molar-refractivity contribution in [1.29, 1.82) is 0 Å². The molecule has 4 aromatic rings. The number of carbonyl (C=O) groups excluding carboxylic acids is 2. The molecule has 0 spiro atoms. The second-order valence-corrected chi connectivity index (χ2v) is 14.3. The summed E-state index contributed by atoms with van der Waals surface area (Å²) in [5.41, 5.74) is -0.789. The molecule has 0 heterocycles. The zero-order chi connectivity index (χ0) is 35.9. The number of carbonyl (C=O) groups is 2. The van der Waals surface area contributed by atoms with Crippen molar-refractivity contribution in [2.75, 3.05) is 10.8 Å². The highest BCUT2D eigenvalue weighted by atomic mass is 35.5. The summed E-state index contributed by atoms with van der Waals surface area (Å²) in [4.78, 5) is 29.4. The van der Waals surface area contributed by atoms with Crippen molar-refractivity contribution in [3.05, 3.63) is 129 Å². The maximum Gasteiger partial charge on any atom is 0.416 e. The van der Waals surface area contributed by atoms with E-state index < -0.39 is 51.9 Å². The van der Waals surface area contributed by atoms with Crippen LogP contribution in [0, 0.1) is 0 Å². The third kappa shape index (κ3) is 9.48. The molecule has 4 aromatic carbocycles. The van der Waals surface area contributed by atoms with E-state index >= 15 is 0 Å². The number of nitrogens with zero attached hydrogens (tertiary/aromatic N) is 2. The summed E-state index contributed by atoms with van der Waals surface area (Å²) in [6.07, 6.45) is -4.27. The van der Waals surface area contributed by atoms with Gasteiger partial charge in [0.05, 0.1) is 21.2 Å². The fraction of sp³-hybridized carbons (Fsp3) is 0.257. The number of amides is 2. The molecule has 14 heteroatoms. The molecule has 49 heavy (non-hydrogen) atoms. The summed E-state index contributed by atoms with van der Waals surface area (Å²) >= 11 is 19.4. The number of nitrogens with one attached hydrogen (secondary N) is 1. The zero-order valence-electron chi connectivity index (χ0n) is 26.4. The van der Waals surface area contributed by atoms with Crippen molar-refractivity contribution >= 4 is 62.3 Å². The molecule has 1 N–H and O–H groups in total. The molecule has 260 valence electrons. The number of alkyl halides is 3. The number of hydrogen-bond donors (Lipinski definition) is 1. The van der Waals surface area contributed by atoms with Gasteiger partial charge in [-0.2, -0.15) is 13.2 Å². The molecule has 0 radical (unpaired) electrons. The van der Waals surface area contributed by atoms with E-state index in [2.05, 4.69) is 5.32 Å². The molecule has 0 aliphatic rings. The van der Waals surface area contributed by atoms with Gasteiger partial charge in [-0.15, -0.1) is 0 Å². The molecule has 4 rings (SSSR count). The Labute approximate surface area is 298 Å². The zero-order valence-corrected chi connectivity index (χ0v) is 29.5. The summed E-state index contributed by atoms with van der Waals surface area (Å²) in [6.45, 7) is 2.30. The van der Waals surface area contributed by atoms with Crippen molar-refractivity contribution in [2.45, 2.75) is 56.4 Å². The smallest absolute Gasteiger partial charge is 0.352 e. The Kier molecular flexibility index (Phi) is 12.6. The van der Waals surface area contributed by atoms with E-state index in [-0.39, 0.29) is 44.5 Å². The second kappa shape index (κ2) is 16.3. The summed E-state index contributed by atoms with van der Waals surface area (Å²) in [5, 5.41) is 2.91. The normalized spacial score (nSPS) is 13.0. The summed E-state index contributed by atoms with van der Waals surface area (Å²) < 4.78 is 70.4. The van der Waals surface area contributed by atoms with Crippen molar-refractivity contribution in [3.63, 3.8) is 0 Å². The fourth-order valence-corrected chi connectivity index (χ4v) is 7.19. The van der Waals surface area contributed by atoms with Gasteiger partial charge in [0.25, 0.3) is 10.0 Å². The molecule has 0 aromatic heterocycles. The lowest BCUT2D eigenvalue weighted by Crippen LogP contribution is -2.54. The molecule has 0 bridgehead atoms. The Balaban J connectivity index is 1.91. The number of rotatable bonds is 13. The van der Waals surface area contributed by atoms with E-state index in [1.54, 1.807) is 61.5 Å². The first-order valence-corrected chi connectivity index (χ1v) is 17.7. The van der Waals surface area contributed by atoms with Crippen LogP contribution in [-0.2, 0) is 38.8 Å². The van der Waals surface area contributed by atoms with Crippen LogP contribution in [0.25, 0.3) is 0 Å². The quantitative estimate of drug-likeness (QED) is 0.149. The van der Waals surface area contributed by atoms with Gasteiger partial charge in [-0.1, -0.05) is 96.3 Å². The number of sulfonamides is 1. The predicted molar refractivity (Wildman–Crippen MR) is 186 cm³/mol. The Hall–Kier alpha value is -3.77. The largest absolute Gasteiger partial charge is 0.416 e. The lowest BCUT2D eigenvalue weighted by Gasteiger charge is -2.35. The molecule has 0 aliphatic carbocycles. The van der Waals surface area contributed by atoms with E-state index in [1.807, 2.05) is 6.92 Å². The Morgan fingerprint density at radius 3 is 2.00 bits per heavy atom. The molecule has 7 nitrogen and oxygen atoms in total. The molecular weight excluding hydrogens is 722 g/mol. The predicted octanol–water partition coefficient (Wildman–Crippen LogP) is 8.42. The van der Waals surface area contributed by atoms with E-state index in [9.17, 15) is 31.2 Å². The number of benzene rings is 4. The Bertz CT molecular complexity index is 1860. The van der Waals surface area contributed by atoms with Crippen LogP contribution in [0.2, 0.25) is 15.1 Å². The van der Waals surface area contributed by atoms with Gasteiger partial charge in [-0.25, -0.2) is 8.42 Å². The Morgan fingerprint density at radius 2 is 1.43 bits per heavy atom. The summed E-state index contributed by atoms with van der Waals surface area (Å²) in [7, 11) is -4.70. The van der Waals surface area contributed by atoms with E-state index in [1.165, 1.54) is 24.3 Å². The average molecular weight is 755 g/mol. The number of anilines is 1. The van der Waals surface area contributed by atoms with Gasteiger partial charge in [-0.05, 0) is 61.4 Å². The van der Waals surface area contributed by atoms with E-state index in [4.69, 9.17) is 34.8 Å². The summed E-state index contributed by atoms with van der Waals surface area (Å²) in [5.74, 6) is -1.46. The maximum absolute atomic E-state index is 14.6. The third-order valence-corrected chi connectivity index (χ3v) is 10.6. The van der Waals surface area contributed by atoms with Crippen molar-refractivity contribution in [3.8, 4) is 0 Å². The highest BCUT2D eigenvalue weighted by molar-refractivity contribution is 7.92. The standard InChI is InChI=1S/C35H33Cl3F3N3O4S/c1-3-23(2)42-34(46)32(19-24-11-6-4-7-12-24)43(21-27-28(36)15-10-16-29(27)37)33(45)22-44(49(47,48)26-13-8-5-9-14-26)31-20-25(35(39,40)41)17-18-30(31)38/h4-18,20,23,32H,3,19,21-22H2,1-2H3,(H,42,46). The maximum atomic E-state index is 14.6. The molecule has 0 saturated carbocycles. The summed E-state index contributed by atoms with van der Waals surface area (Å²) in [6, 6.07) is 21.1. The van der Waals surface area contributed by atoms with Crippen LogP contribution in [0.5, 0.6) is 0 Å². The van der Waals surface area contributed by atoms with E-state index in [0.29, 0.717) is 28.4 Å². The fourth-order valence-electron chi connectivity index (χ4n) is 4.96. The van der Waals surface area contributed by atoms with Crippen molar-refractivity contribution in [1.82, 2.24) is 10.2 Å². The van der Waals surface area contributed by atoms with Gasteiger partial charge in [0.15, 0.2) is 0 Å². The lowest BCUT2D eigenvalue weighted by molar-refractivity contribution is -0.140. The van der Waals surface area contributed by atoms with Crippen molar-refractivity contribution in [2.24, 2.45) is 0 Å². The van der Waals surface area contributed by atoms with E-state index in [0.717, 1.165) is 11.0 Å². The highest BCUT2D eigenvalue weighted by Gasteiger charge is 2.38. The molecule has 0 saturated heterocycles. The molecule has 2 atom stereocenters. The van der Waals surface area contributed by atoms with Crippen LogP contribution in [-0.4, -0.2) is 43.8 Å². The monoisotopic (exact) mass is 753 g/mol. The molecule has 2 unspecified atom stereocenters. The minimum atomic E-state index is -4.85. The van der Waals surface area contributed by atoms with Gasteiger partial charge < -0.3 is 10.2 Å². The number of halogens is 6. The number of hydrogen-bond acceptors (Lipinski definition) is 4.